The van der Waals surface area contributed by atoms with Crippen molar-refractivity contribution < 1.29 is 23.7 Å². The maximum absolute atomic E-state index is 12.4. The summed E-state index contributed by atoms with van der Waals surface area (Å²) < 4.78 is 15.5. The Morgan fingerprint density at radius 1 is 1.21 bits per heavy atom. The predicted molar refractivity (Wildman–Crippen MR) is 88.2 cm³/mol. The zero-order valence-corrected chi connectivity index (χ0v) is 14.1. The summed E-state index contributed by atoms with van der Waals surface area (Å²) in [7, 11) is -4.86. The second-order valence-corrected chi connectivity index (χ2v) is 6.49. The number of nitrogens with one attached hydrogen (secondary N) is 1. The van der Waals surface area contributed by atoms with Gasteiger partial charge in [0, 0.05) is 5.02 Å². The Bertz CT molecular complexity index is 891. The maximum Gasteiger partial charge on any atom is 0.524 e. The number of nitriles is 1. The normalized spacial score (nSPS) is 10.8. The van der Waals surface area contributed by atoms with Crippen molar-refractivity contribution in [2.24, 2.45) is 0 Å². The van der Waals surface area contributed by atoms with E-state index in [2.05, 4.69) is 9.84 Å². The van der Waals surface area contributed by atoms with Crippen LogP contribution in [0.15, 0.2) is 36.4 Å². The van der Waals surface area contributed by atoms with Gasteiger partial charge in [0.15, 0.2) is 0 Å². The van der Waals surface area contributed by atoms with Gasteiger partial charge in [-0.15, -0.1) is 0 Å². The lowest BCUT2D eigenvalue weighted by molar-refractivity contribution is 0.102. The first-order valence-electron chi connectivity index (χ1n) is 6.25. The van der Waals surface area contributed by atoms with E-state index in [1.165, 1.54) is 30.3 Å². The maximum atomic E-state index is 12.4. The van der Waals surface area contributed by atoms with Gasteiger partial charge in [-0.1, -0.05) is 23.2 Å². The molecule has 0 saturated heterocycles. The monoisotopic (exact) mass is 386 g/mol. The molecule has 0 aliphatic rings. The van der Waals surface area contributed by atoms with Gasteiger partial charge in [-0.05, 0) is 36.4 Å². The molecule has 0 aliphatic carbocycles. The van der Waals surface area contributed by atoms with Crippen LogP contribution >= 0.6 is 31.0 Å². The molecular weight excluding hydrogens is 378 g/mol. The SMILES string of the molecule is N#Cc1ccc(NC(=O)c2cc(Cl)ccc2OP(=O)(O)O)c(Cl)c1. The van der Waals surface area contributed by atoms with E-state index in [-0.39, 0.29) is 27.0 Å². The minimum absolute atomic E-state index is 0.127. The third kappa shape index (κ3) is 4.71. The first kappa shape index (κ1) is 18.3. The van der Waals surface area contributed by atoms with Gasteiger partial charge in [-0.3, -0.25) is 14.6 Å². The number of benzene rings is 2. The molecule has 2 aromatic carbocycles. The zero-order valence-electron chi connectivity index (χ0n) is 11.7. The minimum atomic E-state index is -4.86. The van der Waals surface area contributed by atoms with E-state index in [0.717, 1.165) is 6.07 Å². The van der Waals surface area contributed by atoms with Crippen LogP contribution in [0.3, 0.4) is 0 Å². The summed E-state index contributed by atoms with van der Waals surface area (Å²) in [5.74, 6) is -1.08. The number of amides is 1. The van der Waals surface area contributed by atoms with E-state index in [0.29, 0.717) is 5.56 Å². The van der Waals surface area contributed by atoms with Crippen LogP contribution in [0, 0.1) is 11.3 Å². The number of anilines is 1. The number of carbonyl (C=O) groups excluding carboxylic acids is 1. The van der Waals surface area contributed by atoms with Crippen molar-refractivity contribution >= 4 is 42.6 Å². The van der Waals surface area contributed by atoms with Crippen molar-refractivity contribution in [2.45, 2.75) is 0 Å². The van der Waals surface area contributed by atoms with Crippen LogP contribution in [0.4, 0.5) is 5.69 Å². The fraction of sp³-hybridized carbons (Fsp3) is 0. The second-order valence-electron chi connectivity index (χ2n) is 4.48. The Balaban J connectivity index is 2.34. The molecule has 0 bridgehead atoms. The minimum Gasteiger partial charge on any atom is -0.403 e. The van der Waals surface area contributed by atoms with E-state index in [4.69, 9.17) is 38.3 Å². The van der Waals surface area contributed by atoms with Crippen molar-refractivity contribution in [3.63, 3.8) is 0 Å². The molecule has 0 atom stereocenters. The Kier molecular flexibility index (Phi) is 5.50. The molecule has 10 heteroatoms. The van der Waals surface area contributed by atoms with Crippen LogP contribution in [0.2, 0.25) is 10.0 Å². The third-order valence-corrected chi connectivity index (χ3v) is 3.73. The van der Waals surface area contributed by atoms with E-state index >= 15 is 0 Å². The first-order chi connectivity index (χ1) is 11.2. The fourth-order valence-corrected chi connectivity index (χ4v) is 2.58. The van der Waals surface area contributed by atoms with Crippen LogP contribution in [0.25, 0.3) is 0 Å². The predicted octanol–water partition coefficient (Wildman–Crippen LogP) is 3.59. The van der Waals surface area contributed by atoms with E-state index in [1.807, 2.05) is 6.07 Å². The van der Waals surface area contributed by atoms with Gasteiger partial charge in [0.2, 0.25) is 0 Å². The number of rotatable bonds is 4. The Morgan fingerprint density at radius 3 is 2.50 bits per heavy atom. The fourth-order valence-electron chi connectivity index (χ4n) is 1.76. The molecule has 0 unspecified atom stereocenters. The largest absolute Gasteiger partial charge is 0.524 e. The smallest absolute Gasteiger partial charge is 0.403 e. The molecule has 7 nitrogen and oxygen atoms in total. The van der Waals surface area contributed by atoms with Crippen LogP contribution in [0.1, 0.15) is 15.9 Å². The summed E-state index contributed by atoms with van der Waals surface area (Å²) in [6.07, 6.45) is 0. The summed E-state index contributed by atoms with van der Waals surface area (Å²) in [6.45, 7) is 0. The third-order valence-electron chi connectivity index (χ3n) is 2.75. The molecule has 0 aliphatic heterocycles. The Morgan fingerprint density at radius 2 is 1.92 bits per heavy atom. The summed E-state index contributed by atoms with van der Waals surface area (Å²) in [5, 5.41) is 11.5. The van der Waals surface area contributed by atoms with Crippen molar-refractivity contribution in [1.82, 2.24) is 0 Å². The first-order valence-corrected chi connectivity index (χ1v) is 8.54. The van der Waals surface area contributed by atoms with Crippen LogP contribution < -0.4 is 9.84 Å². The number of hydrogen-bond acceptors (Lipinski definition) is 4. The average Bonchev–Trinajstić information content (AvgIpc) is 2.49. The van der Waals surface area contributed by atoms with Gasteiger partial charge in [-0.25, -0.2) is 4.57 Å². The Hall–Kier alpha value is -2.07. The second kappa shape index (κ2) is 7.22. The molecule has 0 fully saturated rings. The number of phosphoric ester groups is 1. The average molecular weight is 387 g/mol. The van der Waals surface area contributed by atoms with Crippen molar-refractivity contribution in [3.05, 3.63) is 57.6 Å². The molecule has 2 aromatic rings. The lowest BCUT2D eigenvalue weighted by Gasteiger charge is -2.13. The lowest BCUT2D eigenvalue weighted by atomic mass is 10.1. The molecule has 2 rings (SSSR count). The zero-order chi connectivity index (χ0) is 17.9. The highest BCUT2D eigenvalue weighted by atomic mass is 35.5. The van der Waals surface area contributed by atoms with Gasteiger partial charge >= 0.3 is 7.82 Å². The molecule has 124 valence electrons. The van der Waals surface area contributed by atoms with Gasteiger partial charge in [0.1, 0.15) is 5.75 Å². The summed E-state index contributed by atoms with van der Waals surface area (Å²) in [5.41, 5.74) is 0.334. The topological polar surface area (TPSA) is 120 Å². The van der Waals surface area contributed by atoms with Crippen molar-refractivity contribution in [1.29, 1.82) is 5.26 Å². The van der Waals surface area contributed by atoms with E-state index in [9.17, 15) is 9.36 Å². The number of carbonyl (C=O) groups is 1. The highest BCUT2D eigenvalue weighted by molar-refractivity contribution is 7.46. The number of halogens is 2. The van der Waals surface area contributed by atoms with Gasteiger partial charge in [0.25, 0.3) is 5.91 Å². The molecule has 0 radical (unpaired) electrons. The van der Waals surface area contributed by atoms with Crippen LogP contribution in [-0.2, 0) is 4.57 Å². The summed E-state index contributed by atoms with van der Waals surface area (Å²) in [6, 6.07) is 9.81. The molecule has 0 spiro atoms. The molecule has 0 saturated carbocycles. The molecule has 3 N–H and O–H groups in total. The molecule has 24 heavy (non-hydrogen) atoms. The standard InChI is InChI=1S/C14H9Cl2N2O5P/c15-9-2-4-13(23-24(20,21)22)10(6-9)14(19)18-12-3-1-8(7-17)5-11(12)16/h1-6H,(H,18,19)(H2,20,21,22). The number of phosphoric acid groups is 1. The molecule has 0 aromatic heterocycles. The molecule has 0 heterocycles. The number of hydrogen-bond donors (Lipinski definition) is 3. The summed E-state index contributed by atoms with van der Waals surface area (Å²) >= 11 is 11.8. The summed E-state index contributed by atoms with van der Waals surface area (Å²) in [4.78, 5) is 30.2. The Labute approximate surface area is 146 Å². The lowest BCUT2D eigenvalue weighted by Crippen LogP contribution is -2.13. The molecule has 1 amide bonds. The van der Waals surface area contributed by atoms with Crippen LogP contribution in [0.5, 0.6) is 5.75 Å². The highest BCUT2D eigenvalue weighted by Crippen LogP contribution is 2.40. The van der Waals surface area contributed by atoms with Crippen LogP contribution in [-0.4, -0.2) is 15.7 Å². The highest BCUT2D eigenvalue weighted by Gasteiger charge is 2.22. The molecular formula is C14H9Cl2N2O5P. The van der Waals surface area contributed by atoms with Crippen molar-refractivity contribution in [3.8, 4) is 11.8 Å². The van der Waals surface area contributed by atoms with Gasteiger partial charge in [0.05, 0.1) is 27.9 Å². The van der Waals surface area contributed by atoms with E-state index < -0.39 is 13.7 Å². The van der Waals surface area contributed by atoms with E-state index in [1.54, 1.807) is 0 Å². The van der Waals surface area contributed by atoms with Crippen molar-refractivity contribution in [2.75, 3.05) is 5.32 Å². The number of nitrogens with zero attached hydrogens (tertiary/aromatic N) is 1. The van der Waals surface area contributed by atoms with Gasteiger partial charge in [-0.2, -0.15) is 5.26 Å². The quantitative estimate of drug-likeness (QED) is 0.690. The van der Waals surface area contributed by atoms with Gasteiger partial charge < -0.3 is 9.84 Å².